The average molecular weight is 930 g/mol. The fraction of sp³-hybridized carbons (Fsp3) is 0.250. The van der Waals surface area contributed by atoms with E-state index >= 15 is 0 Å². The van der Waals surface area contributed by atoms with E-state index in [4.69, 9.17) is 0 Å². The second kappa shape index (κ2) is 18.5. The molecular formula is C40H38ORb2S7-2. The molecule has 0 atom stereocenters. The Morgan fingerprint density at radius 1 is 0.360 bits per heavy atom. The minimum absolute atomic E-state index is 0. The van der Waals surface area contributed by atoms with Crippen LogP contribution in [0, 0.1) is 81.4 Å². The maximum Gasteiger partial charge on any atom is 1.00 e. The van der Waals surface area contributed by atoms with Crippen LogP contribution in [0.15, 0.2) is 36.4 Å². The standard InChI is InChI=1S/C14H14S2.2C13H11S2.H2O.2Rb.H2S/c1-7-5-11-9(3)14-12(6-8(2)16-14)10(4)13(11)15-7;2*1-7-4-10-6-12-11(5-8(2)14-12)9(3)13(10)15-7;;;;/h5-6H,1-4H3;2*4-5H,1-3H3;1H2;;;1H2/q;2*-1;;2*+1;/p-2. The summed E-state index contributed by atoms with van der Waals surface area (Å²) in [5.74, 6) is 0. The van der Waals surface area contributed by atoms with E-state index in [1.54, 1.807) is 0 Å². The molecular weight excluding hydrogens is 892 g/mol. The molecule has 6 heterocycles. The van der Waals surface area contributed by atoms with E-state index in [1.165, 1.54) is 112 Å². The predicted molar refractivity (Wildman–Crippen MR) is 227 cm³/mol. The van der Waals surface area contributed by atoms with Crippen molar-refractivity contribution in [3.05, 3.63) is 100 Å². The number of hydrogen-bond donors (Lipinski definition) is 0. The van der Waals surface area contributed by atoms with Crippen LogP contribution in [-0.4, -0.2) is 5.48 Å². The molecule has 0 saturated heterocycles. The van der Waals surface area contributed by atoms with Gasteiger partial charge in [-0.1, -0.05) is 46.2 Å². The van der Waals surface area contributed by atoms with Gasteiger partial charge in [0.15, 0.2) is 0 Å². The van der Waals surface area contributed by atoms with E-state index in [9.17, 15) is 0 Å². The molecule has 9 rings (SSSR count). The second-order valence-corrected chi connectivity index (χ2v) is 19.9. The van der Waals surface area contributed by atoms with Gasteiger partial charge >= 0.3 is 116 Å². The Morgan fingerprint density at radius 3 is 0.980 bits per heavy atom. The third-order valence-electron chi connectivity index (χ3n) is 8.61. The van der Waals surface area contributed by atoms with Gasteiger partial charge in [0, 0.05) is 19.2 Å². The summed E-state index contributed by atoms with van der Waals surface area (Å²) in [6, 6.07) is 20.7. The zero-order valence-electron chi connectivity index (χ0n) is 30.8. The molecule has 3 aromatic carbocycles. The first-order valence-electron chi connectivity index (χ1n) is 15.4. The van der Waals surface area contributed by atoms with Gasteiger partial charge in [0.25, 0.3) is 0 Å². The van der Waals surface area contributed by atoms with Crippen LogP contribution in [0.3, 0.4) is 0 Å². The third kappa shape index (κ3) is 8.98. The fourth-order valence-corrected chi connectivity index (χ4v) is 12.5. The SMILES string of the molecule is Cc1cc2c(C)c3sc(C)cc3[c-]c2s1.Cc1cc2c(C)c3sc(C)cc3[c-]c2s1.Cc1cc2c(C)c3sc(C)cc3c(C)c2s1.[OH-].[Rb+].[Rb+].[SH-]. The number of thiol groups is 1. The van der Waals surface area contributed by atoms with Crippen molar-refractivity contribution >= 4 is 142 Å². The number of fused-ring (bicyclic) bond motifs is 6. The fourth-order valence-electron chi connectivity index (χ4n) is 6.42. The molecule has 0 spiro atoms. The first-order chi connectivity index (χ1) is 21.9. The Bertz CT molecular complexity index is 2260. The number of aryl methyl sites for hydroxylation is 10. The molecule has 10 heteroatoms. The molecule has 0 amide bonds. The molecule has 9 aromatic rings. The van der Waals surface area contributed by atoms with Crippen LogP contribution in [0.1, 0.15) is 51.5 Å². The van der Waals surface area contributed by atoms with Crippen molar-refractivity contribution in [2.45, 2.75) is 69.2 Å². The van der Waals surface area contributed by atoms with E-state index in [0.29, 0.717) is 0 Å². The monoisotopic (exact) mass is 928 g/mol. The first-order valence-corrected chi connectivity index (χ1v) is 20.3. The first kappa shape index (κ1) is 45.7. The van der Waals surface area contributed by atoms with E-state index < -0.39 is 0 Å². The molecule has 0 aliphatic heterocycles. The Labute approximate surface area is 424 Å². The normalized spacial score (nSPS) is 10.8. The van der Waals surface area contributed by atoms with Crippen molar-refractivity contribution in [1.82, 2.24) is 0 Å². The van der Waals surface area contributed by atoms with Crippen LogP contribution >= 0.6 is 68.0 Å². The molecule has 0 bridgehead atoms. The van der Waals surface area contributed by atoms with Gasteiger partial charge in [0.1, 0.15) is 0 Å². The summed E-state index contributed by atoms with van der Waals surface area (Å²) >= 11 is 11.3. The number of rotatable bonds is 0. The van der Waals surface area contributed by atoms with Gasteiger partial charge in [0.2, 0.25) is 0 Å². The molecule has 0 saturated carbocycles. The van der Waals surface area contributed by atoms with Crippen LogP contribution < -0.4 is 116 Å². The van der Waals surface area contributed by atoms with E-state index in [2.05, 4.69) is 118 Å². The van der Waals surface area contributed by atoms with Crippen LogP contribution in [0.2, 0.25) is 0 Å². The predicted octanol–water partition coefficient (Wildman–Crippen LogP) is 8.59. The van der Waals surface area contributed by atoms with E-state index in [0.717, 1.165) is 0 Å². The van der Waals surface area contributed by atoms with Gasteiger partial charge in [0.05, 0.1) is 0 Å². The number of hydrogen-bond acceptors (Lipinski definition) is 8. The molecule has 1 nitrogen and oxygen atoms in total. The summed E-state index contributed by atoms with van der Waals surface area (Å²) in [7, 11) is 0. The Morgan fingerprint density at radius 2 is 0.620 bits per heavy atom. The molecule has 0 aliphatic carbocycles. The molecule has 0 fully saturated rings. The molecule has 250 valence electrons. The maximum absolute atomic E-state index is 3.52. The molecule has 0 radical (unpaired) electrons. The molecule has 6 aromatic heterocycles. The number of thiophene rings is 6. The van der Waals surface area contributed by atoms with Crippen molar-refractivity contribution in [1.29, 1.82) is 0 Å². The Balaban J connectivity index is 0.000000195. The quantitative estimate of drug-likeness (QED) is 0.0868. The van der Waals surface area contributed by atoms with Crippen molar-refractivity contribution in [3.63, 3.8) is 0 Å². The van der Waals surface area contributed by atoms with Crippen molar-refractivity contribution in [3.8, 4) is 0 Å². The van der Waals surface area contributed by atoms with Crippen LogP contribution in [0.5, 0.6) is 0 Å². The number of benzene rings is 3. The molecule has 1 N–H and O–H groups in total. The second-order valence-electron chi connectivity index (χ2n) is 12.3. The van der Waals surface area contributed by atoms with E-state index in [1.807, 2.05) is 68.0 Å². The minimum Gasteiger partial charge on any atom is -0.870 e. The summed E-state index contributed by atoms with van der Waals surface area (Å²) in [5, 5.41) is 8.23. The van der Waals surface area contributed by atoms with Crippen LogP contribution in [-0.2, 0) is 13.5 Å². The average Bonchev–Trinajstić information content (AvgIpc) is 3.83. The summed E-state index contributed by atoms with van der Waals surface area (Å²) in [5.41, 5.74) is 5.75. The third-order valence-corrected chi connectivity index (χ3v) is 15.2. The van der Waals surface area contributed by atoms with Crippen molar-refractivity contribution in [2.24, 2.45) is 0 Å². The van der Waals surface area contributed by atoms with E-state index in [-0.39, 0.29) is 135 Å². The summed E-state index contributed by atoms with van der Waals surface area (Å²) in [4.78, 5) is 8.32. The zero-order valence-corrected chi connectivity index (χ0v) is 46.4. The largest absolute Gasteiger partial charge is 1.00 e. The Hall–Kier alpha value is 1.34. The van der Waals surface area contributed by atoms with Crippen molar-refractivity contribution in [2.75, 3.05) is 0 Å². The molecule has 50 heavy (non-hydrogen) atoms. The van der Waals surface area contributed by atoms with Gasteiger partial charge in [-0.25, -0.2) is 22.7 Å². The van der Waals surface area contributed by atoms with Gasteiger partial charge in [-0.2, -0.15) is 22.7 Å². The maximum atomic E-state index is 3.52. The summed E-state index contributed by atoms with van der Waals surface area (Å²) in [6.07, 6.45) is 0. The minimum atomic E-state index is 0. The van der Waals surface area contributed by atoms with Gasteiger partial charge in [-0.3, -0.25) is 0 Å². The van der Waals surface area contributed by atoms with Crippen molar-refractivity contribution < 1.29 is 122 Å². The van der Waals surface area contributed by atoms with Crippen LogP contribution in [0.25, 0.3) is 60.5 Å². The van der Waals surface area contributed by atoms with Gasteiger partial charge in [-0.05, 0) is 118 Å². The van der Waals surface area contributed by atoms with Gasteiger partial charge in [-0.15, -0.1) is 68.8 Å². The topological polar surface area (TPSA) is 30.0 Å². The molecule has 0 unspecified atom stereocenters. The molecule has 0 aliphatic rings. The Kier molecular flexibility index (Phi) is 16.9. The van der Waals surface area contributed by atoms with Gasteiger partial charge < -0.3 is 19.0 Å². The zero-order chi connectivity index (χ0) is 32.6. The van der Waals surface area contributed by atoms with Crippen LogP contribution in [0.4, 0.5) is 0 Å². The smallest absolute Gasteiger partial charge is 0.870 e. The summed E-state index contributed by atoms with van der Waals surface area (Å²) < 4.78 is 8.35. The summed E-state index contributed by atoms with van der Waals surface area (Å²) in [6.45, 7) is 22.0.